The Morgan fingerprint density at radius 3 is 2.41 bits per heavy atom. The molecule has 1 fully saturated rings. The average molecular weight is 468 g/mol. The Morgan fingerprint density at radius 1 is 1.12 bits per heavy atom. The van der Waals surface area contributed by atoms with E-state index in [9.17, 15) is 26.4 Å². The molecule has 0 bridgehead atoms. The van der Waals surface area contributed by atoms with Gasteiger partial charge in [-0.2, -0.15) is 26.0 Å². The van der Waals surface area contributed by atoms with Gasteiger partial charge >= 0.3 is 6.18 Å². The third-order valence-electron chi connectivity index (χ3n) is 5.43. The van der Waals surface area contributed by atoms with Crippen molar-refractivity contribution in [2.24, 2.45) is 10.3 Å². The third kappa shape index (κ3) is 5.55. The maximum Gasteiger partial charge on any atom is 0.418 e. The zero-order valence-electron chi connectivity index (χ0n) is 17.7. The predicted molar refractivity (Wildman–Crippen MR) is 116 cm³/mol. The number of halogens is 3. The lowest BCUT2D eigenvalue weighted by molar-refractivity contribution is -0.137. The molecule has 0 spiro atoms. The van der Waals surface area contributed by atoms with Crippen LogP contribution in [0.5, 0.6) is 0 Å². The standard InChI is InChI=1S/C22H24F3N3O3S/c1-14-5-3-4-6-18(14)21(29)27-20-8-7-17(13-19(20)22(23,24)25)32(30,31)28-15(2)16-9-11-26-12-10-16/h3-8,13,16,26H,9-12H2,1-2H3,(H,27,29)/b28-15-. The lowest BCUT2D eigenvalue weighted by atomic mass is 9.94. The summed E-state index contributed by atoms with van der Waals surface area (Å²) in [6, 6.07) is 8.96. The van der Waals surface area contributed by atoms with Crippen LogP contribution in [0.4, 0.5) is 18.9 Å². The van der Waals surface area contributed by atoms with Crippen molar-refractivity contribution in [1.82, 2.24) is 5.32 Å². The molecule has 0 atom stereocenters. The summed E-state index contributed by atoms with van der Waals surface area (Å²) in [5.74, 6) is -0.759. The van der Waals surface area contributed by atoms with Gasteiger partial charge in [0.2, 0.25) is 0 Å². The summed E-state index contributed by atoms with van der Waals surface area (Å²) in [4.78, 5) is 11.9. The smallest absolute Gasteiger partial charge is 0.321 e. The second kappa shape index (κ2) is 9.41. The van der Waals surface area contributed by atoms with E-state index in [-0.39, 0.29) is 11.5 Å². The Bertz CT molecular complexity index is 1140. The van der Waals surface area contributed by atoms with Crippen molar-refractivity contribution >= 4 is 27.3 Å². The highest BCUT2D eigenvalue weighted by molar-refractivity contribution is 7.90. The number of carbonyl (C=O) groups is 1. The van der Waals surface area contributed by atoms with Crippen molar-refractivity contribution in [3.63, 3.8) is 0 Å². The van der Waals surface area contributed by atoms with E-state index >= 15 is 0 Å². The molecular weight excluding hydrogens is 443 g/mol. The molecule has 3 rings (SSSR count). The normalized spacial score (nSPS) is 16.1. The Balaban J connectivity index is 1.94. The molecule has 1 amide bonds. The van der Waals surface area contributed by atoms with Crippen LogP contribution in [-0.4, -0.2) is 33.1 Å². The third-order valence-corrected chi connectivity index (χ3v) is 6.80. The summed E-state index contributed by atoms with van der Waals surface area (Å²) in [5, 5.41) is 5.41. The molecule has 1 aliphatic heterocycles. The van der Waals surface area contributed by atoms with Gasteiger partial charge in [0.1, 0.15) is 0 Å². The minimum absolute atomic E-state index is 0.0409. The number of anilines is 1. The molecule has 0 aliphatic carbocycles. The molecule has 2 N–H and O–H groups in total. The average Bonchev–Trinajstić information content (AvgIpc) is 2.73. The van der Waals surface area contributed by atoms with Gasteiger partial charge in [-0.1, -0.05) is 18.2 Å². The highest BCUT2D eigenvalue weighted by Gasteiger charge is 2.35. The number of sulfonamides is 1. The van der Waals surface area contributed by atoms with Crippen molar-refractivity contribution in [2.75, 3.05) is 18.4 Å². The molecule has 1 saturated heterocycles. The molecule has 0 saturated carbocycles. The van der Waals surface area contributed by atoms with Crippen LogP contribution in [0.15, 0.2) is 51.8 Å². The number of piperidine rings is 1. The van der Waals surface area contributed by atoms with Crippen molar-refractivity contribution in [3.8, 4) is 0 Å². The van der Waals surface area contributed by atoms with Crippen LogP contribution in [0, 0.1) is 12.8 Å². The largest absolute Gasteiger partial charge is 0.418 e. The SMILES string of the molecule is C/C(=N/S(=O)(=O)c1ccc(NC(=O)c2ccccc2C)c(C(F)(F)F)c1)C1CCNCC1. The Morgan fingerprint density at radius 2 is 1.78 bits per heavy atom. The Labute approximate surface area is 185 Å². The summed E-state index contributed by atoms with van der Waals surface area (Å²) in [7, 11) is -4.34. The minimum Gasteiger partial charge on any atom is -0.321 e. The number of benzene rings is 2. The molecule has 0 unspecified atom stereocenters. The first kappa shape index (κ1) is 23.9. The molecule has 0 radical (unpaired) electrons. The fourth-order valence-electron chi connectivity index (χ4n) is 3.60. The predicted octanol–water partition coefficient (Wildman–Crippen LogP) is 4.42. The molecule has 2 aromatic carbocycles. The topological polar surface area (TPSA) is 87.6 Å². The molecule has 0 aromatic heterocycles. The molecule has 10 heteroatoms. The number of alkyl halides is 3. The van der Waals surface area contributed by atoms with E-state index in [0.29, 0.717) is 30.2 Å². The fraction of sp³-hybridized carbons (Fsp3) is 0.364. The number of aryl methyl sites for hydroxylation is 1. The first-order valence-corrected chi connectivity index (χ1v) is 11.5. The molecule has 1 heterocycles. The highest BCUT2D eigenvalue weighted by atomic mass is 32.2. The van der Waals surface area contributed by atoms with Crippen LogP contribution in [0.2, 0.25) is 0 Å². The van der Waals surface area contributed by atoms with Gasteiger partial charge in [-0.05, 0) is 69.6 Å². The van der Waals surface area contributed by atoms with Gasteiger partial charge in [0.15, 0.2) is 0 Å². The number of rotatable bonds is 5. The second-order valence-electron chi connectivity index (χ2n) is 7.71. The van der Waals surface area contributed by atoms with Gasteiger partial charge in [0, 0.05) is 17.2 Å². The van der Waals surface area contributed by atoms with Crippen LogP contribution in [-0.2, 0) is 16.2 Å². The summed E-state index contributed by atoms with van der Waals surface area (Å²) in [6.07, 6.45) is -3.46. The maximum absolute atomic E-state index is 13.7. The van der Waals surface area contributed by atoms with Gasteiger partial charge in [-0.3, -0.25) is 4.79 Å². The molecule has 32 heavy (non-hydrogen) atoms. The van der Waals surface area contributed by atoms with E-state index in [4.69, 9.17) is 0 Å². The summed E-state index contributed by atoms with van der Waals surface area (Å²) < 4.78 is 70.3. The lowest BCUT2D eigenvalue weighted by Gasteiger charge is -2.22. The van der Waals surface area contributed by atoms with Crippen molar-refractivity contribution in [1.29, 1.82) is 0 Å². The first-order valence-electron chi connectivity index (χ1n) is 10.1. The fourth-order valence-corrected chi connectivity index (χ4v) is 4.74. The van der Waals surface area contributed by atoms with Gasteiger partial charge < -0.3 is 10.6 Å². The van der Waals surface area contributed by atoms with Crippen molar-refractivity contribution in [3.05, 3.63) is 59.2 Å². The zero-order valence-corrected chi connectivity index (χ0v) is 18.5. The first-order chi connectivity index (χ1) is 15.0. The number of nitrogens with zero attached hydrogens (tertiary/aromatic N) is 1. The zero-order chi connectivity index (χ0) is 23.5. The van der Waals surface area contributed by atoms with E-state index in [1.807, 2.05) is 0 Å². The van der Waals surface area contributed by atoms with Crippen LogP contribution in [0.1, 0.15) is 41.3 Å². The Hall–Kier alpha value is -2.72. The van der Waals surface area contributed by atoms with Gasteiger partial charge in [-0.15, -0.1) is 0 Å². The number of amides is 1. The Kier molecular flexibility index (Phi) is 7.04. The number of carbonyl (C=O) groups excluding carboxylic acids is 1. The van der Waals surface area contributed by atoms with E-state index in [2.05, 4.69) is 15.0 Å². The second-order valence-corrected chi connectivity index (χ2v) is 9.31. The van der Waals surface area contributed by atoms with Crippen LogP contribution in [0.3, 0.4) is 0 Å². The lowest BCUT2D eigenvalue weighted by Crippen LogP contribution is -2.31. The van der Waals surface area contributed by atoms with Crippen LogP contribution < -0.4 is 10.6 Å². The monoisotopic (exact) mass is 467 g/mol. The van der Waals surface area contributed by atoms with E-state index in [1.54, 1.807) is 32.0 Å². The summed E-state index contributed by atoms with van der Waals surface area (Å²) in [6.45, 7) is 4.70. The number of hydrogen-bond acceptors (Lipinski definition) is 4. The van der Waals surface area contributed by atoms with Crippen LogP contribution >= 0.6 is 0 Å². The van der Waals surface area contributed by atoms with Crippen LogP contribution in [0.25, 0.3) is 0 Å². The number of nitrogens with one attached hydrogen (secondary N) is 2. The van der Waals surface area contributed by atoms with E-state index in [1.165, 1.54) is 6.07 Å². The number of hydrogen-bond donors (Lipinski definition) is 2. The molecular formula is C22H24F3N3O3S. The quantitative estimate of drug-likeness (QED) is 0.638. The van der Waals surface area contributed by atoms with E-state index < -0.39 is 38.3 Å². The molecule has 172 valence electrons. The summed E-state index contributed by atoms with van der Waals surface area (Å²) >= 11 is 0. The van der Waals surface area contributed by atoms with E-state index in [0.717, 1.165) is 25.2 Å². The van der Waals surface area contributed by atoms with Gasteiger partial charge in [0.05, 0.1) is 16.1 Å². The van der Waals surface area contributed by atoms with Gasteiger partial charge in [-0.25, -0.2) is 0 Å². The molecule has 2 aromatic rings. The highest BCUT2D eigenvalue weighted by Crippen LogP contribution is 2.37. The summed E-state index contributed by atoms with van der Waals surface area (Å²) in [5.41, 5.74) is -0.587. The van der Waals surface area contributed by atoms with Gasteiger partial charge in [0.25, 0.3) is 15.9 Å². The minimum atomic E-state index is -4.88. The molecule has 1 aliphatic rings. The van der Waals surface area contributed by atoms with Crippen molar-refractivity contribution < 1.29 is 26.4 Å². The molecule has 6 nitrogen and oxygen atoms in total. The van der Waals surface area contributed by atoms with Crippen molar-refractivity contribution in [2.45, 2.75) is 37.8 Å². The maximum atomic E-state index is 13.7.